The summed E-state index contributed by atoms with van der Waals surface area (Å²) in [5, 5.41) is 14.9. The Morgan fingerprint density at radius 3 is 2.42 bits per heavy atom. The molecule has 136 valence electrons. The van der Waals surface area contributed by atoms with E-state index in [9.17, 15) is 14.4 Å². The first-order valence-electron chi connectivity index (χ1n) is 9.02. The molecule has 1 aliphatic heterocycles. The first-order valence-corrected chi connectivity index (χ1v) is 9.02. The third-order valence-electron chi connectivity index (χ3n) is 5.46. The summed E-state index contributed by atoms with van der Waals surface area (Å²) in [5.41, 5.74) is 1.34. The van der Waals surface area contributed by atoms with Crippen LogP contribution in [0, 0.1) is 0 Å². The number of carbonyl (C=O) groups is 2. The lowest BCUT2D eigenvalue weighted by Crippen LogP contribution is -2.27. The van der Waals surface area contributed by atoms with Crippen molar-refractivity contribution in [2.24, 2.45) is 0 Å². The number of nitrogens with one attached hydrogen (secondary N) is 2. The number of hydrogen-bond acceptors (Lipinski definition) is 3. The number of carboxylic acid groups (broad SMARTS) is 1. The van der Waals surface area contributed by atoms with Crippen molar-refractivity contribution in [3.63, 3.8) is 0 Å². The number of anilines is 1. The fourth-order valence-corrected chi connectivity index (χ4v) is 4.14. The highest BCUT2D eigenvalue weighted by Crippen LogP contribution is 2.38. The molecule has 1 atom stereocenters. The van der Waals surface area contributed by atoms with Crippen molar-refractivity contribution in [1.29, 1.82) is 0 Å². The second kappa shape index (κ2) is 6.48. The Morgan fingerprint density at radius 2 is 1.77 bits per heavy atom. The number of carbonyl (C=O) groups excluding carboxylic acids is 1. The van der Waals surface area contributed by atoms with Crippen LogP contribution in [-0.4, -0.2) is 26.8 Å². The lowest BCUT2D eigenvalue weighted by Gasteiger charge is -2.28. The molecule has 1 aromatic carbocycles. The van der Waals surface area contributed by atoms with Gasteiger partial charge in [-0.2, -0.15) is 0 Å². The van der Waals surface area contributed by atoms with Gasteiger partial charge in [0.15, 0.2) is 0 Å². The van der Waals surface area contributed by atoms with Gasteiger partial charge in [0.2, 0.25) is 5.91 Å². The molecule has 0 spiro atoms. The highest BCUT2D eigenvalue weighted by molar-refractivity contribution is 5.94. The molecule has 0 radical (unpaired) electrons. The average molecular weight is 355 g/mol. The van der Waals surface area contributed by atoms with Crippen LogP contribution < -0.4 is 10.9 Å². The van der Waals surface area contributed by atoms with E-state index in [0.29, 0.717) is 11.4 Å². The van der Waals surface area contributed by atoms with E-state index in [2.05, 4.69) is 10.4 Å². The molecule has 2 aromatic rings. The maximum atomic E-state index is 12.7. The SMILES string of the molecule is O=C1CC(c2ccc(C(=O)O)cc2)c2c(n(C3CCCCC3)[nH]c2=O)N1. The standard InChI is InChI=1S/C19H21N3O4/c23-15-10-14(11-6-8-12(9-7-11)19(25)26)16-17(20-15)22(21-18(16)24)13-4-2-1-3-5-13/h6-9,13-14H,1-5,10H2,(H,20,23)(H,21,24)(H,25,26). The predicted octanol–water partition coefficient (Wildman–Crippen LogP) is 2.85. The summed E-state index contributed by atoms with van der Waals surface area (Å²) in [7, 11) is 0. The number of aromatic carboxylic acids is 1. The third kappa shape index (κ3) is 2.83. The average Bonchev–Trinajstić information content (AvgIpc) is 2.98. The second-order valence-electron chi connectivity index (χ2n) is 7.10. The molecule has 7 heteroatoms. The molecule has 1 amide bonds. The van der Waals surface area contributed by atoms with Crippen LogP contribution in [0.5, 0.6) is 0 Å². The molecule has 7 nitrogen and oxygen atoms in total. The molecule has 1 aromatic heterocycles. The highest BCUT2D eigenvalue weighted by Gasteiger charge is 2.34. The number of aromatic nitrogens is 2. The number of benzene rings is 1. The summed E-state index contributed by atoms with van der Waals surface area (Å²) in [6.07, 6.45) is 5.60. The van der Waals surface area contributed by atoms with E-state index in [1.54, 1.807) is 12.1 Å². The molecule has 4 rings (SSSR count). The van der Waals surface area contributed by atoms with Crippen molar-refractivity contribution in [3.8, 4) is 0 Å². The number of nitrogens with zero attached hydrogens (tertiary/aromatic N) is 1. The Labute approximate surface area is 150 Å². The van der Waals surface area contributed by atoms with Gasteiger partial charge in [0.05, 0.1) is 17.2 Å². The Morgan fingerprint density at radius 1 is 1.08 bits per heavy atom. The summed E-state index contributed by atoms with van der Waals surface area (Å²) in [5.74, 6) is -0.922. The van der Waals surface area contributed by atoms with Crippen molar-refractivity contribution in [2.45, 2.75) is 50.5 Å². The zero-order valence-corrected chi connectivity index (χ0v) is 14.3. The maximum Gasteiger partial charge on any atom is 0.335 e. The van der Waals surface area contributed by atoms with Crippen LogP contribution in [-0.2, 0) is 4.79 Å². The highest BCUT2D eigenvalue weighted by atomic mass is 16.4. The van der Waals surface area contributed by atoms with Crippen LogP contribution in [0.25, 0.3) is 0 Å². The molecule has 2 heterocycles. The number of H-pyrrole nitrogens is 1. The van der Waals surface area contributed by atoms with Crippen LogP contribution >= 0.6 is 0 Å². The van der Waals surface area contributed by atoms with Gasteiger partial charge in [-0.3, -0.25) is 19.4 Å². The summed E-state index contributed by atoms with van der Waals surface area (Å²) >= 11 is 0. The largest absolute Gasteiger partial charge is 0.478 e. The Kier molecular flexibility index (Phi) is 4.14. The molecule has 2 aliphatic rings. The van der Waals surface area contributed by atoms with E-state index < -0.39 is 5.97 Å². The molecular formula is C19H21N3O4. The van der Waals surface area contributed by atoms with Crippen LogP contribution in [0.2, 0.25) is 0 Å². The van der Waals surface area contributed by atoms with Gasteiger partial charge >= 0.3 is 5.97 Å². The van der Waals surface area contributed by atoms with Crippen molar-refractivity contribution < 1.29 is 14.7 Å². The molecule has 1 unspecified atom stereocenters. The second-order valence-corrected chi connectivity index (χ2v) is 7.10. The molecule has 1 saturated carbocycles. The lowest BCUT2D eigenvalue weighted by atomic mass is 9.86. The quantitative estimate of drug-likeness (QED) is 0.787. The maximum absolute atomic E-state index is 12.7. The van der Waals surface area contributed by atoms with Gasteiger partial charge in [0.25, 0.3) is 5.56 Å². The van der Waals surface area contributed by atoms with E-state index in [1.807, 2.05) is 4.68 Å². The zero-order chi connectivity index (χ0) is 18.3. The van der Waals surface area contributed by atoms with E-state index in [4.69, 9.17) is 5.11 Å². The number of amides is 1. The lowest BCUT2D eigenvalue weighted by molar-refractivity contribution is -0.116. The van der Waals surface area contributed by atoms with Crippen molar-refractivity contribution in [3.05, 3.63) is 51.3 Å². The molecule has 0 bridgehead atoms. The molecule has 3 N–H and O–H groups in total. The van der Waals surface area contributed by atoms with E-state index in [0.717, 1.165) is 31.2 Å². The van der Waals surface area contributed by atoms with Crippen LogP contribution in [0.3, 0.4) is 0 Å². The fraction of sp³-hybridized carbons (Fsp3) is 0.421. The number of fused-ring (bicyclic) bond motifs is 1. The minimum Gasteiger partial charge on any atom is -0.478 e. The Bertz CT molecular complexity index is 904. The number of hydrogen-bond donors (Lipinski definition) is 3. The van der Waals surface area contributed by atoms with Gasteiger partial charge < -0.3 is 10.4 Å². The molecule has 1 aliphatic carbocycles. The number of rotatable bonds is 3. The third-order valence-corrected chi connectivity index (χ3v) is 5.46. The van der Waals surface area contributed by atoms with Crippen molar-refractivity contribution in [2.75, 3.05) is 5.32 Å². The summed E-state index contributed by atoms with van der Waals surface area (Å²) in [6, 6.07) is 6.60. The van der Waals surface area contributed by atoms with E-state index >= 15 is 0 Å². The summed E-state index contributed by atoms with van der Waals surface area (Å²) < 4.78 is 1.84. The predicted molar refractivity (Wildman–Crippen MR) is 95.7 cm³/mol. The van der Waals surface area contributed by atoms with Crippen LogP contribution in [0.1, 0.15) is 72.0 Å². The molecule has 26 heavy (non-hydrogen) atoms. The number of aromatic amines is 1. The molecular weight excluding hydrogens is 334 g/mol. The van der Waals surface area contributed by atoms with Crippen LogP contribution in [0.4, 0.5) is 5.82 Å². The van der Waals surface area contributed by atoms with E-state index in [-0.39, 0.29) is 35.4 Å². The van der Waals surface area contributed by atoms with Gasteiger partial charge in [-0.05, 0) is 30.5 Å². The van der Waals surface area contributed by atoms with Gasteiger partial charge in [0.1, 0.15) is 5.82 Å². The van der Waals surface area contributed by atoms with Crippen molar-refractivity contribution in [1.82, 2.24) is 9.78 Å². The Hall–Kier alpha value is -2.83. The Balaban J connectivity index is 1.75. The van der Waals surface area contributed by atoms with Gasteiger partial charge in [0, 0.05) is 12.3 Å². The van der Waals surface area contributed by atoms with Gasteiger partial charge in [-0.25, -0.2) is 4.79 Å². The minimum absolute atomic E-state index is 0.131. The van der Waals surface area contributed by atoms with Crippen molar-refractivity contribution >= 4 is 17.7 Å². The molecule has 0 saturated heterocycles. The first-order chi connectivity index (χ1) is 12.5. The van der Waals surface area contributed by atoms with Gasteiger partial charge in [-0.15, -0.1) is 0 Å². The van der Waals surface area contributed by atoms with E-state index in [1.165, 1.54) is 18.6 Å². The minimum atomic E-state index is -1.00. The van der Waals surface area contributed by atoms with Crippen LogP contribution in [0.15, 0.2) is 29.1 Å². The summed E-state index contributed by atoms with van der Waals surface area (Å²) in [4.78, 5) is 36.0. The summed E-state index contributed by atoms with van der Waals surface area (Å²) in [6.45, 7) is 0. The normalized spacial score (nSPS) is 20.5. The monoisotopic (exact) mass is 355 g/mol. The smallest absolute Gasteiger partial charge is 0.335 e. The fourth-order valence-electron chi connectivity index (χ4n) is 4.14. The zero-order valence-electron chi connectivity index (χ0n) is 14.3. The topological polar surface area (TPSA) is 104 Å². The molecule has 1 fully saturated rings. The van der Waals surface area contributed by atoms with Gasteiger partial charge in [-0.1, -0.05) is 31.4 Å². The number of carboxylic acids is 1. The first kappa shape index (κ1) is 16.6.